The molecule has 0 spiro atoms. The summed E-state index contributed by atoms with van der Waals surface area (Å²) in [6, 6.07) is 0. The molecule has 0 aliphatic heterocycles. The standard InChI is InChI=1S/C6H18N5O2/c7-3-1-5-10(6-2-4-8)11(13)9-12/h9,13H,1-8H2/q-1. The van der Waals surface area contributed by atoms with Crippen molar-refractivity contribution in [3.05, 3.63) is 5.21 Å². The first kappa shape index (κ1) is 12.7. The van der Waals surface area contributed by atoms with Crippen molar-refractivity contribution in [2.75, 3.05) is 26.2 Å². The van der Waals surface area contributed by atoms with Crippen LogP contribution in [0.2, 0.25) is 0 Å². The van der Waals surface area contributed by atoms with E-state index in [-0.39, 0.29) is 0 Å². The van der Waals surface area contributed by atoms with Gasteiger partial charge in [0.25, 0.3) is 0 Å². The Labute approximate surface area is 77.8 Å². The maximum Gasteiger partial charge on any atom is 0.0181 e. The molecular formula is C6H18N5O2-. The van der Waals surface area contributed by atoms with Gasteiger partial charge in [-0.25, -0.2) is 5.01 Å². The molecule has 80 valence electrons. The molecule has 0 amide bonds. The van der Waals surface area contributed by atoms with Crippen LogP contribution in [0.4, 0.5) is 0 Å². The van der Waals surface area contributed by atoms with Crippen LogP contribution in [0.3, 0.4) is 0 Å². The number of hydrogen-bond acceptors (Lipinski definition) is 7. The van der Waals surface area contributed by atoms with Crippen LogP contribution in [0.5, 0.6) is 0 Å². The highest BCUT2D eigenvalue weighted by molar-refractivity contribution is 4.52. The van der Waals surface area contributed by atoms with Gasteiger partial charge in [-0.3, -0.25) is 10.8 Å². The molecule has 0 aromatic heterocycles. The Morgan fingerprint density at radius 3 is 1.92 bits per heavy atom. The van der Waals surface area contributed by atoms with Gasteiger partial charge in [0, 0.05) is 13.1 Å². The topological polar surface area (TPSA) is 114 Å². The first-order valence-corrected chi connectivity index (χ1v) is 4.28. The largest absolute Gasteiger partial charge is 0.772 e. The second-order valence-electron chi connectivity index (χ2n) is 2.62. The van der Waals surface area contributed by atoms with Crippen LogP contribution in [0.15, 0.2) is 0 Å². The number of hydrazine groups is 2. The van der Waals surface area contributed by atoms with Crippen molar-refractivity contribution in [1.82, 2.24) is 15.9 Å². The minimum atomic E-state index is 0.422. The SMILES string of the molecule is NCCCN(CCCN)N(O)N[O-]. The lowest BCUT2D eigenvalue weighted by Crippen LogP contribution is -2.48. The Morgan fingerprint density at radius 2 is 1.62 bits per heavy atom. The number of nitrogens with one attached hydrogen (secondary N) is 1. The minimum Gasteiger partial charge on any atom is -0.772 e. The Bertz CT molecular complexity index is 107. The van der Waals surface area contributed by atoms with Gasteiger partial charge in [-0.1, -0.05) is 5.28 Å². The Hall–Kier alpha value is -0.280. The number of nitrogens with two attached hydrogens (primary N) is 2. The van der Waals surface area contributed by atoms with Crippen LogP contribution in [-0.4, -0.2) is 41.7 Å². The summed E-state index contributed by atoms with van der Waals surface area (Å²) in [6.07, 6.45) is 1.42. The van der Waals surface area contributed by atoms with Crippen LogP contribution >= 0.6 is 0 Å². The van der Waals surface area contributed by atoms with Gasteiger partial charge in [-0.05, 0) is 25.9 Å². The number of nitrogens with zero attached hydrogens (tertiary/aromatic N) is 2. The van der Waals surface area contributed by atoms with Crippen LogP contribution < -0.4 is 17.1 Å². The molecule has 0 fully saturated rings. The zero-order valence-corrected chi connectivity index (χ0v) is 7.65. The third-order valence-corrected chi connectivity index (χ3v) is 1.59. The summed E-state index contributed by atoms with van der Waals surface area (Å²) < 4.78 is 0. The van der Waals surface area contributed by atoms with Gasteiger partial charge in [0.15, 0.2) is 0 Å². The van der Waals surface area contributed by atoms with Gasteiger partial charge < -0.3 is 16.7 Å². The van der Waals surface area contributed by atoms with Crippen LogP contribution in [0.25, 0.3) is 0 Å². The molecule has 7 heteroatoms. The number of hydrogen-bond donors (Lipinski definition) is 4. The van der Waals surface area contributed by atoms with Crippen molar-refractivity contribution in [2.24, 2.45) is 11.5 Å². The van der Waals surface area contributed by atoms with E-state index in [1.807, 2.05) is 0 Å². The molecule has 0 bridgehead atoms. The van der Waals surface area contributed by atoms with Crippen molar-refractivity contribution < 1.29 is 5.21 Å². The van der Waals surface area contributed by atoms with Crippen LogP contribution in [0, 0.1) is 5.21 Å². The molecule has 0 saturated carbocycles. The van der Waals surface area contributed by atoms with Crippen LogP contribution in [-0.2, 0) is 0 Å². The third kappa shape index (κ3) is 5.88. The lowest BCUT2D eigenvalue weighted by Gasteiger charge is -2.31. The summed E-state index contributed by atoms with van der Waals surface area (Å²) in [7, 11) is 0. The van der Waals surface area contributed by atoms with E-state index < -0.39 is 0 Å². The highest BCUT2D eigenvalue weighted by Gasteiger charge is 2.08. The van der Waals surface area contributed by atoms with Crippen molar-refractivity contribution in [2.45, 2.75) is 12.8 Å². The summed E-state index contributed by atoms with van der Waals surface area (Å²) in [5, 5.41) is 21.0. The van der Waals surface area contributed by atoms with Crippen LogP contribution in [0.1, 0.15) is 12.8 Å². The molecule has 0 heterocycles. The third-order valence-electron chi connectivity index (χ3n) is 1.59. The fourth-order valence-corrected chi connectivity index (χ4v) is 0.907. The van der Waals surface area contributed by atoms with Crippen molar-refractivity contribution in [1.29, 1.82) is 0 Å². The highest BCUT2D eigenvalue weighted by Crippen LogP contribution is 1.94. The zero-order chi connectivity index (χ0) is 10.1. The van der Waals surface area contributed by atoms with Gasteiger partial charge in [-0.2, -0.15) is 0 Å². The molecule has 0 aliphatic carbocycles. The first-order valence-electron chi connectivity index (χ1n) is 4.28. The summed E-state index contributed by atoms with van der Waals surface area (Å²) in [6.45, 7) is 2.10. The van der Waals surface area contributed by atoms with Crippen molar-refractivity contribution in [3.8, 4) is 0 Å². The molecule has 0 unspecified atom stereocenters. The average Bonchev–Trinajstić information content (AvgIpc) is 2.17. The van der Waals surface area contributed by atoms with Gasteiger partial charge in [-0.15, -0.1) is 0 Å². The quantitative estimate of drug-likeness (QED) is 0.349. The summed E-state index contributed by atoms with van der Waals surface area (Å²) in [5.74, 6) is 0. The zero-order valence-electron chi connectivity index (χ0n) is 7.65. The van der Waals surface area contributed by atoms with E-state index in [2.05, 4.69) is 0 Å². The molecule has 13 heavy (non-hydrogen) atoms. The van der Waals surface area contributed by atoms with Gasteiger partial charge in [0.05, 0.1) is 0 Å². The first-order chi connectivity index (χ1) is 6.26. The lowest BCUT2D eigenvalue weighted by molar-refractivity contribution is -0.273. The average molecular weight is 192 g/mol. The monoisotopic (exact) mass is 192 g/mol. The number of rotatable bonds is 8. The van der Waals surface area contributed by atoms with Gasteiger partial charge in [0.2, 0.25) is 0 Å². The van der Waals surface area contributed by atoms with Gasteiger partial charge in [0.1, 0.15) is 0 Å². The second kappa shape index (κ2) is 8.32. The molecule has 0 aromatic carbocycles. The van der Waals surface area contributed by atoms with E-state index in [1.54, 1.807) is 0 Å². The smallest absolute Gasteiger partial charge is 0.0181 e. The summed E-state index contributed by atoms with van der Waals surface area (Å²) >= 11 is 0. The molecule has 0 rings (SSSR count). The fourth-order valence-electron chi connectivity index (χ4n) is 0.907. The Balaban J connectivity index is 3.72. The molecular weight excluding hydrogens is 174 g/mol. The molecule has 0 saturated heterocycles. The van der Waals surface area contributed by atoms with Gasteiger partial charge >= 0.3 is 0 Å². The lowest BCUT2D eigenvalue weighted by atomic mass is 10.4. The Morgan fingerprint density at radius 1 is 1.15 bits per heavy atom. The summed E-state index contributed by atoms with van der Waals surface area (Å²) in [5.41, 5.74) is 12.0. The summed E-state index contributed by atoms with van der Waals surface area (Å²) in [4.78, 5) is 0. The molecule has 7 nitrogen and oxygen atoms in total. The highest BCUT2D eigenvalue weighted by atomic mass is 16.7. The van der Waals surface area contributed by atoms with E-state index in [0.717, 1.165) is 0 Å². The normalized spacial score (nSPS) is 11.5. The molecule has 0 radical (unpaired) electrons. The maximum absolute atomic E-state index is 10.1. The molecule has 6 N–H and O–H groups in total. The van der Waals surface area contributed by atoms with E-state index in [1.165, 1.54) is 10.6 Å². The van der Waals surface area contributed by atoms with E-state index in [9.17, 15) is 5.21 Å². The van der Waals surface area contributed by atoms with E-state index >= 15 is 0 Å². The maximum atomic E-state index is 10.1. The molecule has 0 aliphatic rings. The van der Waals surface area contributed by atoms with E-state index in [0.29, 0.717) is 44.3 Å². The fraction of sp³-hybridized carbons (Fsp3) is 1.00. The molecule has 0 aromatic rings. The molecule has 0 atom stereocenters. The second-order valence-corrected chi connectivity index (χ2v) is 2.62. The Kier molecular flexibility index (Phi) is 8.14. The van der Waals surface area contributed by atoms with E-state index in [4.69, 9.17) is 16.7 Å². The predicted octanol–water partition coefficient (Wildman–Crippen LogP) is -1.41. The minimum absolute atomic E-state index is 0.422. The van der Waals surface area contributed by atoms with Crippen molar-refractivity contribution >= 4 is 0 Å². The van der Waals surface area contributed by atoms with Crippen molar-refractivity contribution in [3.63, 3.8) is 0 Å². The predicted molar refractivity (Wildman–Crippen MR) is 49.0 cm³/mol.